The molecule has 4 rings (SSSR count). The molecule has 196 valence electrons. The number of carbonyl (C=O) groups is 2. The number of aryl methyl sites for hydroxylation is 1. The normalized spacial score (nSPS) is 10.8. The minimum absolute atomic E-state index is 0.116. The number of nitrogens with zero attached hydrogens (tertiary/aromatic N) is 3. The van der Waals surface area contributed by atoms with E-state index in [1.54, 1.807) is 29.8 Å². The van der Waals surface area contributed by atoms with Crippen molar-refractivity contribution < 1.29 is 19.1 Å². The molecule has 8 nitrogen and oxygen atoms in total. The molecule has 0 aliphatic carbocycles. The molecule has 0 radical (unpaired) electrons. The van der Waals surface area contributed by atoms with Gasteiger partial charge in [-0.05, 0) is 68.8 Å². The fraction of sp³-hybridized carbons (Fsp3) is 0.233. The molecule has 8 heteroatoms. The average molecular weight is 513 g/mol. The quantitative estimate of drug-likeness (QED) is 0.327. The minimum Gasteiger partial charge on any atom is -0.497 e. The summed E-state index contributed by atoms with van der Waals surface area (Å²) in [5, 5.41) is 2.92. The van der Waals surface area contributed by atoms with Crippen molar-refractivity contribution in [2.75, 3.05) is 26.1 Å². The van der Waals surface area contributed by atoms with Crippen LogP contribution >= 0.6 is 0 Å². The van der Waals surface area contributed by atoms with Crippen molar-refractivity contribution in [1.29, 1.82) is 0 Å². The monoisotopic (exact) mass is 512 g/mol. The van der Waals surface area contributed by atoms with Gasteiger partial charge in [-0.25, -0.2) is 4.98 Å². The van der Waals surface area contributed by atoms with Crippen LogP contribution in [0, 0.1) is 6.92 Å². The van der Waals surface area contributed by atoms with E-state index < -0.39 is 0 Å². The largest absolute Gasteiger partial charge is 0.497 e. The number of anilines is 1. The Balaban J connectivity index is 1.65. The Bertz CT molecular complexity index is 1430. The van der Waals surface area contributed by atoms with E-state index in [9.17, 15) is 9.59 Å². The number of ether oxygens (including phenoxy) is 2. The summed E-state index contributed by atoms with van der Waals surface area (Å²) in [6.45, 7) is 5.55. The summed E-state index contributed by atoms with van der Waals surface area (Å²) in [6.07, 6.45) is 1.85. The fourth-order valence-corrected chi connectivity index (χ4v) is 4.10. The number of imidazole rings is 1. The molecular formula is C30H32N4O4. The highest BCUT2D eigenvalue weighted by atomic mass is 16.5. The Morgan fingerprint density at radius 1 is 0.947 bits per heavy atom. The molecular weight excluding hydrogens is 480 g/mol. The summed E-state index contributed by atoms with van der Waals surface area (Å²) in [7, 11) is 3.22. The predicted molar refractivity (Wildman–Crippen MR) is 148 cm³/mol. The predicted octanol–water partition coefficient (Wildman–Crippen LogP) is 5.35. The third-order valence-electron chi connectivity index (χ3n) is 6.25. The first-order chi connectivity index (χ1) is 18.3. The van der Waals surface area contributed by atoms with E-state index >= 15 is 0 Å². The number of benzene rings is 3. The Hall–Kier alpha value is -4.59. The van der Waals surface area contributed by atoms with Crippen molar-refractivity contribution in [3.8, 4) is 28.4 Å². The van der Waals surface area contributed by atoms with Crippen LogP contribution in [0.3, 0.4) is 0 Å². The molecule has 0 saturated carbocycles. The third-order valence-corrected chi connectivity index (χ3v) is 6.25. The maximum Gasteiger partial charge on any atom is 0.254 e. The zero-order valence-electron chi connectivity index (χ0n) is 22.3. The maximum atomic E-state index is 13.3. The summed E-state index contributed by atoms with van der Waals surface area (Å²) >= 11 is 0. The topological polar surface area (TPSA) is 85.7 Å². The molecule has 0 saturated heterocycles. The zero-order valence-corrected chi connectivity index (χ0v) is 22.3. The van der Waals surface area contributed by atoms with Crippen LogP contribution < -0.4 is 14.8 Å². The SMILES string of the molecule is COc1ccc(-n2cc(-c3cccc(OC)c3)nc2NC(=O)CN(C(=O)c2ccccc2C)C(C)C)cc1. The highest BCUT2D eigenvalue weighted by molar-refractivity contribution is 6.00. The maximum absolute atomic E-state index is 13.3. The van der Waals surface area contributed by atoms with Gasteiger partial charge in [0.1, 0.15) is 18.0 Å². The smallest absolute Gasteiger partial charge is 0.254 e. The van der Waals surface area contributed by atoms with Gasteiger partial charge in [0.05, 0.1) is 19.9 Å². The molecule has 0 bridgehead atoms. The van der Waals surface area contributed by atoms with E-state index in [1.165, 1.54) is 0 Å². The number of amides is 2. The molecule has 0 aliphatic heterocycles. The van der Waals surface area contributed by atoms with Gasteiger partial charge < -0.3 is 14.4 Å². The molecule has 0 atom stereocenters. The second-order valence-electron chi connectivity index (χ2n) is 9.14. The van der Waals surface area contributed by atoms with Crippen LogP contribution in [0.2, 0.25) is 0 Å². The highest BCUT2D eigenvalue weighted by Gasteiger charge is 2.24. The van der Waals surface area contributed by atoms with E-state index in [1.807, 2.05) is 93.7 Å². The van der Waals surface area contributed by atoms with Crippen LogP contribution in [0.4, 0.5) is 5.95 Å². The summed E-state index contributed by atoms with van der Waals surface area (Å²) in [5.74, 6) is 1.22. The molecule has 0 spiro atoms. The second-order valence-corrected chi connectivity index (χ2v) is 9.14. The summed E-state index contributed by atoms with van der Waals surface area (Å²) in [5.41, 5.74) is 3.73. The Morgan fingerprint density at radius 2 is 1.66 bits per heavy atom. The molecule has 3 aromatic carbocycles. The first-order valence-corrected chi connectivity index (χ1v) is 12.4. The third kappa shape index (κ3) is 5.86. The number of hydrogen-bond donors (Lipinski definition) is 1. The van der Waals surface area contributed by atoms with E-state index in [4.69, 9.17) is 14.5 Å². The first-order valence-electron chi connectivity index (χ1n) is 12.4. The number of hydrogen-bond acceptors (Lipinski definition) is 5. The Labute approximate surface area is 222 Å². The van der Waals surface area contributed by atoms with Crippen LogP contribution in [0.1, 0.15) is 29.8 Å². The first kappa shape index (κ1) is 26.5. The van der Waals surface area contributed by atoms with Gasteiger partial charge in [-0.3, -0.25) is 19.5 Å². The van der Waals surface area contributed by atoms with Crippen LogP contribution in [-0.2, 0) is 4.79 Å². The molecule has 1 aromatic heterocycles. The van der Waals surface area contributed by atoms with Crippen molar-refractivity contribution in [2.24, 2.45) is 0 Å². The lowest BCUT2D eigenvalue weighted by Crippen LogP contribution is -2.42. The lowest BCUT2D eigenvalue weighted by molar-refractivity contribution is -0.117. The van der Waals surface area contributed by atoms with Crippen molar-refractivity contribution in [1.82, 2.24) is 14.5 Å². The van der Waals surface area contributed by atoms with Gasteiger partial charge in [0.2, 0.25) is 11.9 Å². The van der Waals surface area contributed by atoms with Gasteiger partial charge in [0, 0.05) is 29.1 Å². The minimum atomic E-state index is -0.349. The summed E-state index contributed by atoms with van der Waals surface area (Å²) < 4.78 is 12.5. The van der Waals surface area contributed by atoms with Crippen molar-refractivity contribution in [3.63, 3.8) is 0 Å². The molecule has 38 heavy (non-hydrogen) atoms. The molecule has 2 amide bonds. The van der Waals surface area contributed by atoms with Crippen LogP contribution in [-0.4, -0.2) is 53.1 Å². The van der Waals surface area contributed by atoms with Crippen LogP contribution in [0.5, 0.6) is 11.5 Å². The highest BCUT2D eigenvalue weighted by Crippen LogP contribution is 2.28. The van der Waals surface area contributed by atoms with Gasteiger partial charge in [-0.1, -0.05) is 30.3 Å². The molecule has 0 aliphatic rings. The summed E-state index contributed by atoms with van der Waals surface area (Å²) in [4.78, 5) is 32.9. The Kier molecular flexibility index (Phi) is 8.11. The summed E-state index contributed by atoms with van der Waals surface area (Å²) in [6, 6.07) is 22.2. The lowest BCUT2D eigenvalue weighted by atomic mass is 10.1. The van der Waals surface area contributed by atoms with E-state index in [-0.39, 0.29) is 24.4 Å². The van der Waals surface area contributed by atoms with Crippen molar-refractivity contribution in [2.45, 2.75) is 26.8 Å². The average Bonchev–Trinajstić information content (AvgIpc) is 3.35. The number of carbonyl (C=O) groups excluding carboxylic acids is 2. The lowest BCUT2D eigenvalue weighted by Gasteiger charge is -2.26. The Morgan fingerprint density at radius 3 is 2.32 bits per heavy atom. The van der Waals surface area contributed by atoms with E-state index in [2.05, 4.69) is 5.32 Å². The van der Waals surface area contributed by atoms with E-state index in [0.29, 0.717) is 23.0 Å². The standard InChI is InChI=1S/C30H32N4O4/c1-20(2)33(29(36)26-12-7-6-9-21(26)3)19-28(35)32-30-31-27(22-10-8-11-25(17-22)38-5)18-34(30)23-13-15-24(37-4)16-14-23/h6-18,20H,19H2,1-5H3,(H,31,32,35). The molecule has 0 unspecified atom stereocenters. The van der Waals surface area contributed by atoms with Crippen LogP contribution in [0.25, 0.3) is 16.9 Å². The van der Waals surface area contributed by atoms with Gasteiger partial charge in [-0.15, -0.1) is 0 Å². The fourth-order valence-electron chi connectivity index (χ4n) is 4.10. The van der Waals surface area contributed by atoms with Crippen molar-refractivity contribution in [3.05, 3.63) is 90.1 Å². The number of aromatic nitrogens is 2. The van der Waals surface area contributed by atoms with Gasteiger partial charge in [-0.2, -0.15) is 0 Å². The van der Waals surface area contributed by atoms with Gasteiger partial charge in [0.25, 0.3) is 5.91 Å². The van der Waals surface area contributed by atoms with Crippen LogP contribution in [0.15, 0.2) is 79.0 Å². The molecule has 4 aromatic rings. The second kappa shape index (κ2) is 11.6. The molecule has 1 heterocycles. The number of methoxy groups -OCH3 is 2. The number of nitrogens with one attached hydrogen (secondary N) is 1. The number of rotatable bonds is 9. The zero-order chi connectivity index (χ0) is 27.2. The van der Waals surface area contributed by atoms with Gasteiger partial charge in [0.15, 0.2) is 0 Å². The van der Waals surface area contributed by atoms with Crippen molar-refractivity contribution >= 4 is 17.8 Å². The molecule has 0 fully saturated rings. The molecule has 1 N–H and O–H groups in total. The van der Waals surface area contributed by atoms with E-state index in [0.717, 1.165) is 22.6 Å². The van der Waals surface area contributed by atoms with Gasteiger partial charge >= 0.3 is 0 Å².